The maximum absolute atomic E-state index is 12.6. The van der Waals surface area contributed by atoms with Crippen molar-refractivity contribution >= 4 is 5.91 Å². The van der Waals surface area contributed by atoms with Crippen LogP contribution in [0.5, 0.6) is 0 Å². The molecule has 0 saturated carbocycles. The lowest BCUT2D eigenvalue weighted by atomic mass is 10.0. The molecule has 1 N–H and O–H groups in total. The molecule has 0 aliphatic carbocycles. The summed E-state index contributed by atoms with van der Waals surface area (Å²) in [7, 11) is 1.87. The van der Waals surface area contributed by atoms with Crippen LogP contribution in [0.4, 0.5) is 0 Å². The summed E-state index contributed by atoms with van der Waals surface area (Å²) in [5.74, 6) is 0.957. The molecule has 104 valence electrons. The molecule has 1 aliphatic rings. The van der Waals surface area contributed by atoms with E-state index in [1.54, 1.807) is 6.20 Å². The second-order valence-electron chi connectivity index (χ2n) is 5.43. The van der Waals surface area contributed by atoms with Crippen molar-refractivity contribution < 1.29 is 4.79 Å². The summed E-state index contributed by atoms with van der Waals surface area (Å²) in [5, 5.41) is 3.28. The number of aryl methyl sites for hydroxylation is 1. The van der Waals surface area contributed by atoms with Crippen LogP contribution in [0.2, 0.25) is 0 Å². The number of nitrogens with one attached hydrogen (secondary N) is 1. The first-order chi connectivity index (χ1) is 9.00. The van der Waals surface area contributed by atoms with Gasteiger partial charge in [-0.2, -0.15) is 0 Å². The van der Waals surface area contributed by atoms with Gasteiger partial charge in [-0.1, -0.05) is 13.8 Å². The topological polar surface area (TPSA) is 58.1 Å². The monoisotopic (exact) mass is 262 g/mol. The van der Waals surface area contributed by atoms with Crippen LogP contribution in [-0.2, 0) is 0 Å². The Morgan fingerprint density at radius 3 is 2.84 bits per heavy atom. The van der Waals surface area contributed by atoms with Crippen molar-refractivity contribution in [3.8, 4) is 0 Å². The third-order valence-corrected chi connectivity index (χ3v) is 3.62. The largest absolute Gasteiger partial charge is 0.337 e. The van der Waals surface area contributed by atoms with E-state index in [0.29, 0.717) is 11.4 Å². The number of carbonyl (C=O) groups is 1. The summed E-state index contributed by atoms with van der Waals surface area (Å²) in [6.07, 6.45) is 2.67. The van der Waals surface area contributed by atoms with Gasteiger partial charge in [0, 0.05) is 25.8 Å². The summed E-state index contributed by atoms with van der Waals surface area (Å²) in [4.78, 5) is 23.0. The molecule has 0 aromatic carbocycles. The lowest BCUT2D eigenvalue weighted by molar-refractivity contribution is 0.0741. The molecule has 0 bridgehead atoms. The fraction of sp³-hybridized carbons (Fsp3) is 0.643. The zero-order chi connectivity index (χ0) is 14.0. The van der Waals surface area contributed by atoms with Gasteiger partial charge in [0.1, 0.15) is 5.82 Å². The van der Waals surface area contributed by atoms with E-state index < -0.39 is 0 Å². The van der Waals surface area contributed by atoms with Gasteiger partial charge in [0.2, 0.25) is 0 Å². The number of carbonyl (C=O) groups excluding carboxylic acids is 1. The minimum Gasteiger partial charge on any atom is -0.337 e. The zero-order valence-corrected chi connectivity index (χ0v) is 12.1. The first-order valence-electron chi connectivity index (χ1n) is 6.82. The van der Waals surface area contributed by atoms with Gasteiger partial charge in [0.05, 0.1) is 11.3 Å². The quantitative estimate of drug-likeness (QED) is 0.893. The van der Waals surface area contributed by atoms with Crippen LogP contribution in [0, 0.1) is 6.92 Å². The minimum atomic E-state index is 0.0254. The molecule has 2 heterocycles. The number of aromatic nitrogens is 2. The molecule has 5 nitrogen and oxygen atoms in total. The molecule has 1 aromatic rings. The van der Waals surface area contributed by atoms with Crippen molar-refractivity contribution in [2.24, 2.45) is 0 Å². The third-order valence-electron chi connectivity index (χ3n) is 3.62. The highest BCUT2D eigenvalue weighted by Crippen LogP contribution is 2.19. The number of nitrogens with zero attached hydrogens (tertiary/aromatic N) is 3. The number of hydrogen-bond donors (Lipinski definition) is 1. The van der Waals surface area contributed by atoms with Gasteiger partial charge >= 0.3 is 0 Å². The summed E-state index contributed by atoms with van der Waals surface area (Å²) in [6, 6.07) is 0.272. The number of rotatable bonds is 3. The number of hydrogen-bond acceptors (Lipinski definition) is 4. The zero-order valence-electron chi connectivity index (χ0n) is 12.1. The van der Waals surface area contributed by atoms with Gasteiger partial charge in [-0.25, -0.2) is 9.97 Å². The average Bonchev–Trinajstić information content (AvgIpc) is 2.90. The molecule has 1 saturated heterocycles. The van der Waals surface area contributed by atoms with E-state index in [1.807, 2.05) is 18.9 Å². The maximum atomic E-state index is 12.6. The first kappa shape index (κ1) is 13.9. The lowest BCUT2D eigenvalue weighted by Crippen LogP contribution is -2.39. The van der Waals surface area contributed by atoms with E-state index in [2.05, 4.69) is 29.1 Å². The van der Waals surface area contributed by atoms with Crippen LogP contribution in [0.1, 0.15) is 48.1 Å². The van der Waals surface area contributed by atoms with Crippen LogP contribution in [-0.4, -0.2) is 47.0 Å². The fourth-order valence-electron chi connectivity index (χ4n) is 2.42. The Balaban J connectivity index is 2.27. The van der Waals surface area contributed by atoms with Gasteiger partial charge in [-0.3, -0.25) is 4.79 Å². The van der Waals surface area contributed by atoms with Crippen LogP contribution in [0.15, 0.2) is 6.20 Å². The Labute approximate surface area is 114 Å². The van der Waals surface area contributed by atoms with E-state index in [-0.39, 0.29) is 17.9 Å². The normalized spacial score (nSPS) is 18.9. The molecule has 1 fully saturated rings. The maximum Gasteiger partial charge on any atom is 0.257 e. The molecular weight excluding hydrogens is 240 g/mol. The van der Waals surface area contributed by atoms with Gasteiger partial charge in [0.15, 0.2) is 0 Å². The Bertz CT molecular complexity index is 467. The Hall–Kier alpha value is -1.49. The summed E-state index contributed by atoms with van der Waals surface area (Å²) in [6.45, 7) is 7.80. The van der Waals surface area contributed by atoms with Crippen molar-refractivity contribution in [1.29, 1.82) is 0 Å². The third kappa shape index (κ3) is 2.92. The minimum absolute atomic E-state index is 0.0254. The van der Waals surface area contributed by atoms with E-state index >= 15 is 0 Å². The van der Waals surface area contributed by atoms with Gasteiger partial charge in [-0.05, 0) is 25.8 Å². The molecule has 1 amide bonds. The van der Waals surface area contributed by atoms with Crippen LogP contribution < -0.4 is 5.32 Å². The van der Waals surface area contributed by atoms with E-state index in [4.69, 9.17) is 0 Å². The molecule has 19 heavy (non-hydrogen) atoms. The summed E-state index contributed by atoms with van der Waals surface area (Å²) in [5.41, 5.74) is 1.48. The second-order valence-corrected chi connectivity index (χ2v) is 5.43. The van der Waals surface area contributed by atoms with Crippen molar-refractivity contribution in [2.75, 3.05) is 20.1 Å². The molecule has 1 aliphatic heterocycles. The van der Waals surface area contributed by atoms with Crippen LogP contribution in [0.25, 0.3) is 0 Å². The van der Waals surface area contributed by atoms with Crippen molar-refractivity contribution in [3.05, 3.63) is 23.3 Å². The highest BCUT2D eigenvalue weighted by atomic mass is 16.2. The first-order valence-corrected chi connectivity index (χ1v) is 6.82. The summed E-state index contributed by atoms with van der Waals surface area (Å²) < 4.78 is 0. The molecule has 0 radical (unpaired) electrons. The van der Waals surface area contributed by atoms with Crippen LogP contribution >= 0.6 is 0 Å². The van der Waals surface area contributed by atoms with Crippen molar-refractivity contribution in [1.82, 2.24) is 20.2 Å². The average molecular weight is 262 g/mol. The molecule has 5 heteroatoms. The van der Waals surface area contributed by atoms with Crippen LogP contribution in [0.3, 0.4) is 0 Å². The van der Waals surface area contributed by atoms with E-state index in [9.17, 15) is 4.79 Å². The Kier molecular flexibility index (Phi) is 4.14. The van der Waals surface area contributed by atoms with E-state index in [1.165, 1.54) is 0 Å². The number of likely N-dealkylation sites (N-methyl/N-ethyl adjacent to an activating group) is 1. The Morgan fingerprint density at radius 2 is 2.26 bits per heavy atom. The lowest BCUT2D eigenvalue weighted by Gasteiger charge is -2.25. The molecule has 2 rings (SSSR count). The standard InChI is InChI=1S/C14H22N4O/c1-9(2)13-12(8-16-10(3)17-13)14(19)18(4)11-5-6-15-7-11/h8-9,11,15H,5-7H2,1-4H3. The predicted molar refractivity (Wildman–Crippen MR) is 74.2 cm³/mol. The second kappa shape index (κ2) is 5.65. The molecule has 1 aromatic heterocycles. The van der Waals surface area contributed by atoms with Crippen molar-refractivity contribution in [2.45, 2.75) is 39.2 Å². The van der Waals surface area contributed by atoms with Gasteiger partial charge in [0.25, 0.3) is 5.91 Å². The van der Waals surface area contributed by atoms with Gasteiger partial charge in [-0.15, -0.1) is 0 Å². The molecular formula is C14H22N4O. The fourth-order valence-corrected chi connectivity index (χ4v) is 2.42. The number of amides is 1. The SMILES string of the molecule is Cc1ncc(C(=O)N(C)C2CCNC2)c(C(C)C)n1. The van der Waals surface area contributed by atoms with Gasteiger partial charge < -0.3 is 10.2 Å². The molecule has 1 atom stereocenters. The molecule has 0 spiro atoms. The highest BCUT2D eigenvalue weighted by molar-refractivity contribution is 5.95. The van der Waals surface area contributed by atoms with E-state index in [0.717, 1.165) is 25.2 Å². The molecule has 1 unspecified atom stereocenters. The highest BCUT2D eigenvalue weighted by Gasteiger charge is 2.26. The Morgan fingerprint density at radius 1 is 1.53 bits per heavy atom. The predicted octanol–water partition coefficient (Wildman–Crippen LogP) is 1.34. The smallest absolute Gasteiger partial charge is 0.257 e. The van der Waals surface area contributed by atoms with Crippen molar-refractivity contribution in [3.63, 3.8) is 0 Å². The summed E-state index contributed by atoms with van der Waals surface area (Å²) >= 11 is 0.